The van der Waals surface area contributed by atoms with E-state index in [0.717, 1.165) is 18.4 Å². The number of hydrogen-bond donors (Lipinski definition) is 2. The summed E-state index contributed by atoms with van der Waals surface area (Å²) in [7, 11) is 0. The minimum absolute atomic E-state index is 0.00768. The predicted octanol–water partition coefficient (Wildman–Crippen LogP) is 1.42. The Labute approximate surface area is 136 Å². The van der Waals surface area contributed by atoms with Gasteiger partial charge in [-0.15, -0.1) is 0 Å². The monoisotopic (exact) mass is 316 g/mol. The third kappa shape index (κ3) is 3.72. The quantitative estimate of drug-likeness (QED) is 0.883. The average molecular weight is 316 g/mol. The van der Waals surface area contributed by atoms with Gasteiger partial charge < -0.3 is 15.4 Å². The van der Waals surface area contributed by atoms with Crippen LogP contribution in [0.2, 0.25) is 0 Å². The van der Waals surface area contributed by atoms with Gasteiger partial charge in [-0.2, -0.15) is 0 Å². The predicted molar refractivity (Wildman–Crippen MR) is 86.8 cm³/mol. The van der Waals surface area contributed by atoms with Crippen LogP contribution in [0.25, 0.3) is 0 Å². The molecule has 0 radical (unpaired) electrons. The van der Waals surface area contributed by atoms with Crippen LogP contribution in [0.1, 0.15) is 31.2 Å². The van der Waals surface area contributed by atoms with Gasteiger partial charge in [0.05, 0.1) is 5.41 Å². The molecule has 1 atom stereocenters. The molecule has 2 amide bonds. The van der Waals surface area contributed by atoms with Gasteiger partial charge in [-0.25, -0.2) is 0 Å². The van der Waals surface area contributed by atoms with E-state index in [9.17, 15) is 9.59 Å². The number of nitrogens with one attached hydrogen (secondary N) is 2. The number of rotatable bonds is 4. The second-order valence-corrected chi connectivity index (χ2v) is 6.51. The maximum atomic E-state index is 13.0. The molecule has 5 nitrogen and oxygen atoms in total. The Kier molecular flexibility index (Phi) is 4.96. The lowest BCUT2D eigenvalue weighted by Crippen LogP contribution is -2.55. The summed E-state index contributed by atoms with van der Waals surface area (Å²) in [6, 6.07) is 9.68. The van der Waals surface area contributed by atoms with Crippen LogP contribution in [0.4, 0.5) is 0 Å². The first-order chi connectivity index (χ1) is 11.2. The molecular weight excluding hydrogens is 292 g/mol. The van der Waals surface area contributed by atoms with Crippen molar-refractivity contribution in [2.45, 2.75) is 38.1 Å². The van der Waals surface area contributed by atoms with Crippen molar-refractivity contribution in [1.82, 2.24) is 10.6 Å². The fourth-order valence-electron chi connectivity index (χ4n) is 3.45. The Hall–Kier alpha value is -1.88. The molecule has 3 rings (SSSR count). The molecule has 2 fully saturated rings. The molecule has 0 spiro atoms. The lowest BCUT2D eigenvalue weighted by molar-refractivity contribution is -0.140. The maximum absolute atomic E-state index is 13.0. The number of benzene rings is 1. The number of carbonyl (C=O) groups is 2. The van der Waals surface area contributed by atoms with Crippen LogP contribution >= 0.6 is 0 Å². The highest BCUT2D eigenvalue weighted by atomic mass is 16.5. The third-order valence-electron chi connectivity index (χ3n) is 4.91. The average Bonchev–Trinajstić information content (AvgIpc) is 2.58. The van der Waals surface area contributed by atoms with E-state index in [4.69, 9.17) is 4.74 Å². The van der Waals surface area contributed by atoms with E-state index in [-0.39, 0.29) is 11.8 Å². The molecule has 2 heterocycles. The molecule has 0 aromatic heterocycles. The molecule has 0 aliphatic carbocycles. The second-order valence-electron chi connectivity index (χ2n) is 6.51. The Morgan fingerprint density at radius 1 is 1.26 bits per heavy atom. The number of piperidine rings is 1. The second kappa shape index (κ2) is 7.13. The molecule has 124 valence electrons. The molecule has 2 N–H and O–H groups in total. The smallest absolute Gasteiger partial charge is 0.242 e. The Bertz CT molecular complexity index is 553. The van der Waals surface area contributed by atoms with Gasteiger partial charge in [-0.05, 0) is 37.7 Å². The third-order valence-corrected chi connectivity index (χ3v) is 4.91. The van der Waals surface area contributed by atoms with Crippen molar-refractivity contribution in [3.8, 4) is 0 Å². The summed E-state index contributed by atoms with van der Waals surface area (Å²) in [6.07, 6.45) is 3.71. The molecule has 2 aliphatic heterocycles. The van der Waals surface area contributed by atoms with Crippen LogP contribution in [0.3, 0.4) is 0 Å². The molecular formula is C18H24N2O3. The van der Waals surface area contributed by atoms with Gasteiger partial charge in [0, 0.05) is 19.8 Å². The summed E-state index contributed by atoms with van der Waals surface area (Å²) in [5, 5.41) is 5.82. The van der Waals surface area contributed by atoms with E-state index in [2.05, 4.69) is 22.8 Å². The normalized spacial score (nSPS) is 23.8. The lowest BCUT2D eigenvalue weighted by atomic mass is 9.74. The largest absolute Gasteiger partial charge is 0.381 e. The Morgan fingerprint density at radius 3 is 2.70 bits per heavy atom. The summed E-state index contributed by atoms with van der Waals surface area (Å²) >= 11 is 0. The van der Waals surface area contributed by atoms with E-state index in [1.165, 1.54) is 0 Å². The van der Waals surface area contributed by atoms with E-state index in [0.29, 0.717) is 39.0 Å². The van der Waals surface area contributed by atoms with Crippen molar-refractivity contribution in [3.05, 3.63) is 35.9 Å². The zero-order valence-corrected chi connectivity index (χ0v) is 13.3. The standard InChI is InChI=1S/C18H24N2O3/c21-16-15(7-4-10-19-16)20-17(22)18(8-11-23-12-9-18)13-14-5-2-1-3-6-14/h1-3,5-6,15H,4,7-13H2,(H,19,21)(H,20,22). The van der Waals surface area contributed by atoms with Crippen molar-refractivity contribution in [2.75, 3.05) is 19.8 Å². The van der Waals surface area contributed by atoms with Crippen LogP contribution in [-0.2, 0) is 20.7 Å². The van der Waals surface area contributed by atoms with E-state index >= 15 is 0 Å². The highest BCUT2D eigenvalue weighted by Gasteiger charge is 2.41. The first kappa shape index (κ1) is 16.0. The number of carbonyl (C=O) groups excluding carboxylic acids is 2. The van der Waals surface area contributed by atoms with Crippen molar-refractivity contribution >= 4 is 11.8 Å². The summed E-state index contributed by atoms with van der Waals surface area (Å²) in [4.78, 5) is 24.9. The van der Waals surface area contributed by atoms with Gasteiger partial charge in [0.2, 0.25) is 11.8 Å². The molecule has 2 aliphatic rings. The molecule has 2 saturated heterocycles. The fourth-order valence-corrected chi connectivity index (χ4v) is 3.45. The molecule has 1 aromatic rings. The molecule has 1 aromatic carbocycles. The first-order valence-corrected chi connectivity index (χ1v) is 8.40. The summed E-state index contributed by atoms with van der Waals surface area (Å²) in [6.45, 7) is 1.89. The zero-order valence-electron chi connectivity index (χ0n) is 13.3. The number of ether oxygens (including phenoxy) is 1. The van der Waals surface area contributed by atoms with Gasteiger partial charge in [0.1, 0.15) is 6.04 Å². The van der Waals surface area contributed by atoms with Crippen LogP contribution in [-0.4, -0.2) is 37.6 Å². The first-order valence-electron chi connectivity index (χ1n) is 8.40. The van der Waals surface area contributed by atoms with Crippen molar-refractivity contribution in [3.63, 3.8) is 0 Å². The van der Waals surface area contributed by atoms with Gasteiger partial charge in [0.25, 0.3) is 0 Å². The number of hydrogen-bond acceptors (Lipinski definition) is 3. The van der Waals surface area contributed by atoms with Crippen LogP contribution in [0, 0.1) is 5.41 Å². The van der Waals surface area contributed by atoms with E-state index in [1.54, 1.807) is 0 Å². The van der Waals surface area contributed by atoms with Gasteiger partial charge in [0.15, 0.2) is 0 Å². The maximum Gasteiger partial charge on any atom is 0.242 e. The zero-order chi connectivity index (χ0) is 16.1. The van der Waals surface area contributed by atoms with Crippen LogP contribution in [0.5, 0.6) is 0 Å². The fraction of sp³-hybridized carbons (Fsp3) is 0.556. The van der Waals surface area contributed by atoms with Crippen LogP contribution < -0.4 is 10.6 Å². The SMILES string of the molecule is O=C1NCCCC1NC(=O)C1(Cc2ccccc2)CCOCC1. The molecule has 0 bridgehead atoms. The van der Waals surface area contributed by atoms with Gasteiger partial charge in [-0.3, -0.25) is 9.59 Å². The summed E-state index contributed by atoms with van der Waals surface area (Å²) < 4.78 is 5.46. The molecule has 0 saturated carbocycles. The Balaban J connectivity index is 1.74. The van der Waals surface area contributed by atoms with Gasteiger partial charge >= 0.3 is 0 Å². The van der Waals surface area contributed by atoms with Crippen LogP contribution in [0.15, 0.2) is 30.3 Å². The van der Waals surface area contributed by atoms with E-state index < -0.39 is 11.5 Å². The van der Waals surface area contributed by atoms with Crippen molar-refractivity contribution < 1.29 is 14.3 Å². The molecule has 1 unspecified atom stereocenters. The van der Waals surface area contributed by atoms with E-state index in [1.807, 2.05) is 18.2 Å². The summed E-state index contributed by atoms with van der Waals surface area (Å²) in [5.41, 5.74) is 0.676. The highest BCUT2D eigenvalue weighted by molar-refractivity contribution is 5.90. The van der Waals surface area contributed by atoms with Crippen molar-refractivity contribution in [2.24, 2.45) is 5.41 Å². The lowest BCUT2D eigenvalue weighted by Gasteiger charge is -2.37. The minimum Gasteiger partial charge on any atom is -0.381 e. The minimum atomic E-state index is -0.475. The van der Waals surface area contributed by atoms with Crippen molar-refractivity contribution in [1.29, 1.82) is 0 Å². The highest BCUT2D eigenvalue weighted by Crippen LogP contribution is 2.35. The van der Waals surface area contributed by atoms with Gasteiger partial charge in [-0.1, -0.05) is 30.3 Å². The molecule has 5 heteroatoms. The molecule has 23 heavy (non-hydrogen) atoms. The summed E-state index contributed by atoms with van der Waals surface area (Å²) in [5.74, 6) is -0.0711. The Morgan fingerprint density at radius 2 is 2.00 bits per heavy atom. The topological polar surface area (TPSA) is 67.4 Å². The number of amides is 2.